The van der Waals surface area contributed by atoms with E-state index in [-0.39, 0.29) is 5.56 Å². The van der Waals surface area contributed by atoms with Crippen LogP contribution in [0, 0.1) is 0 Å². The van der Waals surface area contributed by atoms with Gasteiger partial charge in [-0.2, -0.15) is 0 Å². The molecule has 23 heavy (non-hydrogen) atoms. The quantitative estimate of drug-likeness (QED) is 0.705. The minimum Gasteiger partial charge on any atom is -0.280 e. The molecule has 3 nitrogen and oxygen atoms in total. The monoisotopic (exact) mass is 306 g/mol. The van der Waals surface area contributed by atoms with E-state index in [2.05, 4.69) is 18.8 Å². The van der Waals surface area contributed by atoms with Gasteiger partial charge >= 0.3 is 0 Å². The molecule has 0 saturated carbocycles. The van der Waals surface area contributed by atoms with Gasteiger partial charge in [-0.25, -0.2) is 0 Å². The van der Waals surface area contributed by atoms with Gasteiger partial charge in [0.2, 0.25) is 0 Å². The highest BCUT2D eigenvalue weighted by molar-refractivity contribution is 5.82. The molecule has 0 spiro atoms. The van der Waals surface area contributed by atoms with Crippen LogP contribution in [0.3, 0.4) is 0 Å². The number of para-hydroxylation sites is 1. The van der Waals surface area contributed by atoms with E-state index in [0.717, 1.165) is 42.6 Å². The van der Waals surface area contributed by atoms with Gasteiger partial charge in [0.1, 0.15) is 0 Å². The molecule has 0 bridgehead atoms. The molecule has 0 aliphatic carbocycles. The van der Waals surface area contributed by atoms with Gasteiger partial charge in [0.05, 0.1) is 10.9 Å². The largest absolute Gasteiger partial charge is 0.280 e. The summed E-state index contributed by atoms with van der Waals surface area (Å²) in [7, 11) is 0. The molecule has 0 atom stereocenters. The van der Waals surface area contributed by atoms with Gasteiger partial charge in [0.25, 0.3) is 5.56 Å². The number of pyridine rings is 2. The van der Waals surface area contributed by atoms with Gasteiger partial charge < -0.3 is 0 Å². The van der Waals surface area contributed by atoms with E-state index in [9.17, 15) is 4.79 Å². The van der Waals surface area contributed by atoms with Crippen molar-refractivity contribution >= 4 is 10.9 Å². The standard InChI is InChI=1S/C20H22N2O/c1-3-9-16-18(10-4-2)22(15-11-6-5-7-12-15)20(23)17-13-8-14-21-19(16)17/h5-8,11-14H,3-4,9-10H2,1-2H3. The lowest BCUT2D eigenvalue weighted by molar-refractivity contribution is 0.780. The molecule has 0 fully saturated rings. The van der Waals surface area contributed by atoms with Gasteiger partial charge in [-0.1, -0.05) is 44.9 Å². The van der Waals surface area contributed by atoms with Crippen molar-refractivity contribution in [3.8, 4) is 5.69 Å². The van der Waals surface area contributed by atoms with E-state index in [1.54, 1.807) is 6.20 Å². The van der Waals surface area contributed by atoms with Crippen LogP contribution in [0.15, 0.2) is 53.5 Å². The molecule has 2 aromatic heterocycles. The predicted molar refractivity (Wildman–Crippen MR) is 95.3 cm³/mol. The molecule has 0 unspecified atom stereocenters. The summed E-state index contributed by atoms with van der Waals surface area (Å²) in [5.41, 5.74) is 4.16. The number of fused-ring (bicyclic) bond motifs is 1. The van der Waals surface area contributed by atoms with E-state index in [1.165, 1.54) is 5.56 Å². The first-order valence-corrected chi connectivity index (χ1v) is 8.34. The van der Waals surface area contributed by atoms with Crippen LogP contribution in [0.4, 0.5) is 0 Å². The molecule has 0 saturated heterocycles. The fourth-order valence-electron chi connectivity index (χ4n) is 3.20. The highest BCUT2D eigenvalue weighted by Crippen LogP contribution is 2.23. The van der Waals surface area contributed by atoms with Crippen molar-refractivity contribution in [2.45, 2.75) is 39.5 Å². The maximum Gasteiger partial charge on any atom is 0.264 e. The lowest BCUT2D eigenvalue weighted by Crippen LogP contribution is -2.24. The summed E-state index contributed by atoms with van der Waals surface area (Å²) in [6, 6.07) is 13.7. The number of nitrogens with zero attached hydrogens (tertiary/aromatic N) is 2. The Balaban J connectivity index is 2.44. The minimum absolute atomic E-state index is 0.0302. The smallest absolute Gasteiger partial charge is 0.264 e. The molecule has 1 aromatic carbocycles. The number of hydrogen-bond acceptors (Lipinski definition) is 2. The van der Waals surface area contributed by atoms with Crippen molar-refractivity contribution in [3.05, 3.63) is 70.3 Å². The van der Waals surface area contributed by atoms with Crippen LogP contribution in [0.2, 0.25) is 0 Å². The molecule has 0 aliphatic rings. The van der Waals surface area contributed by atoms with Gasteiger partial charge in [0.15, 0.2) is 0 Å². The van der Waals surface area contributed by atoms with Gasteiger partial charge in [0, 0.05) is 17.6 Å². The molecule has 118 valence electrons. The third-order valence-electron chi connectivity index (χ3n) is 4.15. The molecule has 0 N–H and O–H groups in total. The Kier molecular flexibility index (Phi) is 4.56. The van der Waals surface area contributed by atoms with E-state index in [4.69, 9.17) is 0 Å². The number of aryl methyl sites for hydroxylation is 1. The summed E-state index contributed by atoms with van der Waals surface area (Å²) in [5.74, 6) is 0. The first-order valence-electron chi connectivity index (χ1n) is 8.34. The van der Waals surface area contributed by atoms with Crippen LogP contribution < -0.4 is 5.56 Å². The van der Waals surface area contributed by atoms with Gasteiger partial charge in [-0.3, -0.25) is 14.3 Å². The summed E-state index contributed by atoms with van der Waals surface area (Å²) in [5, 5.41) is 0.708. The minimum atomic E-state index is 0.0302. The number of rotatable bonds is 5. The molecule has 0 aliphatic heterocycles. The van der Waals surface area contributed by atoms with Crippen molar-refractivity contribution < 1.29 is 0 Å². The Hall–Kier alpha value is -2.42. The second-order valence-corrected chi connectivity index (χ2v) is 5.80. The third kappa shape index (κ3) is 2.79. The lowest BCUT2D eigenvalue weighted by Gasteiger charge is -2.19. The molecular weight excluding hydrogens is 284 g/mol. The second-order valence-electron chi connectivity index (χ2n) is 5.80. The van der Waals surface area contributed by atoms with Crippen molar-refractivity contribution in [1.82, 2.24) is 9.55 Å². The van der Waals surface area contributed by atoms with Crippen LogP contribution in [0.1, 0.15) is 37.9 Å². The average molecular weight is 306 g/mol. The van der Waals surface area contributed by atoms with Gasteiger partial charge in [-0.15, -0.1) is 0 Å². The zero-order valence-corrected chi connectivity index (χ0v) is 13.7. The average Bonchev–Trinajstić information content (AvgIpc) is 2.59. The summed E-state index contributed by atoms with van der Waals surface area (Å²) in [4.78, 5) is 17.6. The van der Waals surface area contributed by atoms with Crippen LogP contribution in [0.25, 0.3) is 16.6 Å². The van der Waals surface area contributed by atoms with Gasteiger partial charge in [-0.05, 0) is 42.7 Å². The SMILES string of the molecule is CCCc1c(CCC)n(-c2ccccc2)c(=O)c2cccnc12. The normalized spacial score (nSPS) is 11.0. The van der Waals surface area contributed by atoms with Crippen molar-refractivity contribution in [1.29, 1.82) is 0 Å². The van der Waals surface area contributed by atoms with Crippen LogP contribution >= 0.6 is 0 Å². The molecule has 3 aromatic rings. The van der Waals surface area contributed by atoms with Crippen molar-refractivity contribution in [2.24, 2.45) is 0 Å². The number of benzene rings is 1. The Morgan fingerprint density at radius 1 is 0.957 bits per heavy atom. The summed E-state index contributed by atoms with van der Waals surface area (Å²) in [6.45, 7) is 4.32. The molecule has 0 amide bonds. The van der Waals surface area contributed by atoms with Crippen molar-refractivity contribution in [2.75, 3.05) is 0 Å². The van der Waals surface area contributed by atoms with E-state index < -0.39 is 0 Å². The fraction of sp³-hybridized carbons (Fsp3) is 0.300. The maximum absolute atomic E-state index is 13.1. The first-order chi connectivity index (χ1) is 11.3. The highest BCUT2D eigenvalue weighted by atomic mass is 16.1. The molecule has 0 radical (unpaired) electrons. The zero-order chi connectivity index (χ0) is 16.2. The van der Waals surface area contributed by atoms with E-state index >= 15 is 0 Å². The fourth-order valence-corrected chi connectivity index (χ4v) is 3.20. The second kappa shape index (κ2) is 6.78. The number of hydrogen-bond donors (Lipinski definition) is 0. The summed E-state index contributed by atoms with van der Waals surface area (Å²) in [6.07, 6.45) is 5.64. The Morgan fingerprint density at radius 3 is 2.39 bits per heavy atom. The van der Waals surface area contributed by atoms with Crippen LogP contribution in [-0.2, 0) is 12.8 Å². The topological polar surface area (TPSA) is 34.9 Å². The molecule has 3 heteroatoms. The van der Waals surface area contributed by atoms with E-state index in [0.29, 0.717) is 5.39 Å². The van der Waals surface area contributed by atoms with Crippen LogP contribution in [-0.4, -0.2) is 9.55 Å². The molecular formula is C20H22N2O. The Morgan fingerprint density at radius 2 is 1.70 bits per heavy atom. The van der Waals surface area contributed by atoms with Crippen LogP contribution in [0.5, 0.6) is 0 Å². The predicted octanol–water partition coefficient (Wildman–Crippen LogP) is 4.29. The van der Waals surface area contributed by atoms with E-state index in [1.807, 2.05) is 47.0 Å². The Bertz CT molecular complexity index is 866. The number of aromatic nitrogens is 2. The summed E-state index contributed by atoms with van der Waals surface area (Å²) < 4.78 is 1.89. The van der Waals surface area contributed by atoms with Crippen molar-refractivity contribution in [3.63, 3.8) is 0 Å². The molecule has 2 heterocycles. The zero-order valence-electron chi connectivity index (χ0n) is 13.7. The highest BCUT2D eigenvalue weighted by Gasteiger charge is 2.17. The first kappa shape index (κ1) is 15.5. The Labute approximate surface area is 136 Å². The summed E-state index contributed by atoms with van der Waals surface area (Å²) >= 11 is 0. The molecule has 3 rings (SSSR count). The third-order valence-corrected chi connectivity index (χ3v) is 4.15. The lowest BCUT2D eigenvalue weighted by atomic mass is 10.0. The maximum atomic E-state index is 13.1.